The highest BCUT2D eigenvalue weighted by atomic mass is 19.2. The van der Waals surface area contributed by atoms with Crippen LogP contribution in [0.3, 0.4) is 0 Å². The summed E-state index contributed by atoms with van der Waals surface area (Å²) in [6.45, 7) is -0.655. The van der Waals surface area contributed by atoms with Gasteiger partial charge in [0.1, 0.15) is 12.2 Å². The minimum atomic E-state index is -3.12. The molecule has 20 heavy (non-hydrogen) atoms. The van der Waals surface area contributed by atoms with Crippen molar-refractivity contribution in [1.29, 1.82) is 0 Å². The monoisotopic (exact) mass is 286 g/mol. The van der Waals surface area contributed by atoms with Gasteiger partial charge in [0, 0.05) is 0 Å². The van der Waals surface area contributed by atoms with Crippen LogP contribution in [-0.2, 0) is 4.74 Å². The van der Waals surface area contributed by atoms with Crippen LogP contribution in [0.15, 0.2) is 6.33 Å². The van der Waals surface area contributed by atoms with E-state index in [-0.39, 0.29) is 11.6 Å². The van der Waals surface area contributed by atoms with Crippen molar-refractivity contribution in [2.75, 3.05) is 12.3 Å². The van der Waals surface area contributed by atoms with Crippen molar-refractivity contribution in [2.24, 2.45) is 0 Å². The highest BCUT2D eigenvalue weighted by Gasteiger charge is 2.59. The Morgan fingerprint density at radius 3 is 2.95 bits per heavy atom. The summed E-state index contributed by atoms with van der Waals surface area (Å²) in [5.41, 5.74) is 6.41. The van der Waals surface area contributed by atoms with Gasteiger partial charge >= 0.3 is 5.65 Å². The molecule has 1 aliphatic rings. The molecule has 0 aliphatic carbocycles. The Bertz CT molecular complexity index is 648. The number of alkyl halides is 1. The molecule has 4 atom stereocenters. The molecule has 0 spiro atoms. The minimum absolute atomic E-state index is 0.0348. The zero-order valence-corrected chi connectivity index (χ0v) is 10.1. The summed E-state index contributed by atoms with van der Waals surface area (Å²) in [5, 5.41) is 28.3. The lowest BCUT2D eigenvalue weighted by Gasteiger charge is -2.19. The van der Waals surface area contributed by atoms with Crippen LogP contribution >= 0.6 is 0 Å². The highest BCUT2D eigenvalue weighted by Crippen LogP contribution is 2.41. The lowest BCUT2D eigenvalue weighted by atomic mass is 10.0. The van der Waals surface area contributed by atoms with Crippen LogP contribution < -0.4 is 10.7 Å². The number of imidazole rings is 1. The number of aliphatic hydroxyl groups is 3. The largest absolute Gasteiger partial charge is 0.394 e. The first-order valence-corrected chi connectivity index (χ1v) is 5.83. The SMILES string of the molecule is Nc1nc([C@@H]2O[C@H](CO)[C@@H](O)[C@@]2(O)F)nc2[nH+]c[nH]c12. The number of ether oxygens (including phenoxy) is 1. The summed E-state index contributed by atoms with van der Waals surface area (Å²) in [5.74, 6) is -3.32. The quantitative estimate of drug-likeness (QED) is 0.420. The van der Waals surface area contributed by atoms with Gasteiger partial charge in [0.05, 0.1) is 6.61 Å². The van der Waals surface area contributed by atoms with Crippen molar-refractivity contribution < 1.29 is 29.4 Å². The fourth-order valence-electron chi connectivity index (χ4n) is 2.18. The summed E-state index contributed by atoms with van der Waals surface area (Å²) in [4.78, 5) is 13.3. The fourth-order valence-corrected chi connectivity index (χ4v) is 2.18. The van der Waals surface area contributed by atoms with E-state index in [1.165, 1.54) is 6.33 Å². The van der Waals surface area contributed by atoms with Gasteiger partial charge < -0.3 is 25.8 Å². The molecule has 0 bridgehead atoms. The van der Waals surface area contributed by atoms with E-state index < -0.39 is 30.8 Å². The van der Waals surface area contributed by atoms with E-state index in [1.54, 1.807) is 0 Å². The number of hydrogen-bond acceptors (Lipinski definition) is 7. The number of nitrogens with one attached hydrogen (secondary N) is 2. The number of fused-ring (bicyclic) bond motifs is 1. The van der Waals surface area contributed by atoms with Crippen molar-refractivity contribution in [3.8, 4) is 0 Å². The molecule has 10 heteroatoms. The Labute approximate surface area is 111 Å². The van der Waals surface area contributed by atoms with Gasteiger partial charge in [-0.3, -0.25) is 4.98 Å². The van der Waals surface area contributed by atoms with Crippen LogP contribution in [0.2, 0.25) is 0 Å². The lowest BCUT2D eigenvalue weighted by Crippen LogP contribution is -2.42. The number of aromatic amines is 2. The summed E-state index contributed by atoms with van der Waals surface area (Å²) in [7, 11) is 0. The number of hydrogen-bond donors (Lipinski definition) is 5. The maximum atomic E-state index is 14.2. The van der Waals surface area contributed by atoms with Crippen LogP contribution in [0.25, 0.3) is 11.2 Å². The average Bonchev–Trinajstić information content (AvgIpc) is 2.95. The lowest BCUT2D eigenvalue weighted by molar-refractivity contribution is -0.347. The van der Waals surface area contributed by atoms with E-state index in [4.69, 9.17) is 15.6 Å². The highest BCUT2D eigenvalue weighted by molar-refractivity contribution is 5.78. The standard InChI is InChI=1S/C10H12FN5O4/c11-10(19)5(18)3(1-17)20-6(10)9-15-7(12)4-8(16-9)14-2-13-4/h2-3,5-6,17-19H,1H2,(H3,12,13,14,15,16)/p+1/t3-,5-,6+,10+/m1/s1. The number of aliphatic hydroxyl groups excluding tert-OH is 2. The van der Waals surface area contributed by atoms with Gasteiger partial charge in [-0.25, -0.2) is 9.37 Å². The van der Waals surface area contributed by atoms with Gasteiger partial charge in [0.25, 0.3) is 5.85 Å². The third-order valence-electron chi connectivity index (χ3n) is 3.24. The van der Waals surface area contributed by atoms with E-state index in [0.29, 0.717) is 11.2 Å². The van der Waals surface area contributed by atoms with Crippen molar-refractivity contribution in [3.05, 3.63) is 12.2 Å². The van der Waals surface area contributed by atoms with E-state index in [9.17, 15) is 14.6 Å². The summed E-state index contributed by atoms with van der Waals surface area (Å²) in [6.07, 6.45) is -3.37. The van der Waals surface area contributed by atoms with Crippen molar-refractivity contribution in [1.82, 2.24) is 15.0 Å². The van der Waals surface area contributed by atoms with Crippen LogP contribution in [0, 0.1) is 0 Å². The first kappa shape index (κ1) is 13.1. The van der Waals surface area contributed by atoms with E-state index in [0.717, 1.165) is 0 Å². The molecule has 2 aromatic heterocycles. The Kier molecular flexibility index (Phi) is 2.83. The molecule has 7 N–H and O–H groups in total. The maximum absolute atomic E-state index is 14.2. The number of nitrogen functional groups attached to an aromatic ring is 1. The molecular formula is C10H13FN5O4+. The van der Waals surface area contributed by atoms with E-state index in [1.807, 2.05) is 0 Å². The molecule has 108 valence electrons. The number of halogens is 1. The molecule has 3 rings (SSSR count). The van der Waals surface area contributed by atoms with Crippen LogP contribution in [0.4, 0.5) is 10.2 Å². The molecule has 0 radical (unpaired) electrons. The second-order valence-corrected chi connectivity index (χ2v) is 4.53. The molecular weight excluding hydrogens is 273 g/mol. The zero-order chi connectivity index (χ0) is 14.5. The minimum Gasteiger partial charge on any atom is -0.394 e. The summed E-state index contributed by atoms with van der Waals surface area (Å²) >= 11 is 0. The van der Waals surface area contributed by atoms with Gasteiger partial charge in [-0.1, -0.05) is 4.98 Å². The van der Waals surface area contributed by atoms with E-state index >= 15 is 0 Å². The fraction of sp³-hybridized carbons (Fsp3) is 0.500. The predicted octanol–water partition coefficient (Wildman–Crippen LogP) is -2.19. The molecule has 1 aliphatic heterocycles. The second kappa shape index (κ2) is 4.31. The van der Waals surface area contributed by atoms with Gasteiger partial charge in [-0.2, -0.15) is 4.98 Å². The Hall–Kier alpha value is -1.88. The average molecular weight is 286 g/mol. The topological polar surface area (TPSA) is 152 Å². The van der Waals surface area contributed by atoms with Crippen molar-refractivity contribution in [3.63, 3.8) is 0 Å². The Morgan fingerprint density at radius 1 is 1.55 bits per heavy atom. The Balaban J connectivity index is 2.06. The van der Waals surface area contributed by atoms with Gasteiger partial charge in [-0.05, 0) is 0 Å². The number of anilines is 1. The molecule has 2 aromatic rings. The van der Waals surface area contributed by atoms with E-state index in [2.05, 4.69) is 19.9 Å². The predicted molar refractivity (Wildman–Crippen MR) is 61.6 cm³/mol. The molecule has 1 saturated heterocycles. The molecule has 0 aromatic carbocycles. The molecule has 1 fully saturated rings. The number of H-pyrrole nitrogens is 2. The van der Waals surface area contributed by atoms with Crippen LogP contribution in [-0.4, -0.2) is 54.9 Å². The number of nitrogens with two attached hydrogens (primary N) is 1. The van der Waals surface area contributed by atoms with Crippen molar-refractivity contribution in [2.45, 2.75) is 24.2 Å². The zero-order valence-electron chi connectivity index (χ0n) is 10.1. The first-order valence-electron chi connectivity index (χ1n) is 5.83. The second-order valence-electron chi connectivity index (χ2n) is 4.53. The number of nitrogens with zero attached hydrogens (tertiary/aromatic N) is 2. The van der Waals surface area contributed by atoms with Crippen molar-refractivity contribution >= 4 is 17.0 Å². The molecule has 3 heterocycles. The van der Waals surface area contributed by atoms with Gasteiger partial charge in [-0.15, -0.1) is 0 Å². The summed E-state index contributed by atoms with van der Waals surface area (Å²) < 4.78 is 19.3. The molecule has 0 saturated carbocycles. The smallest absolute Gasteiger partial charge is 0.305 e. The molecule has 0 unspecified atom stereocenters. The number of aromatic nitrogens is 4. The maximum Gasteiger partial charge on any atom is 0.305 e. The van der Waals surface area contributed by atoms with Crippen LogP contribution in [0.5, 0.6) is 0 Å². The first-order chi connectivity index (χ1) is 9.45. The molecule has 0 amide bonds. The van der Waals surface area contributed by atoms with Gasteiger partial charge in [0.2, 0.25) is 11.3 Å². The number of rotatable bonds is 2. The molecule has 9 nitrogen and oxygen atoms in total. The third kappa shape index (κ3) is 1.73. The summed E-state index contributed by atoms with van der Waals surface area (Å²) in [6, 6.07) is 0. The normalized spacial score (nSPS) is 33.9. The third-order valence-corrected chi connectivity index (χ3v) is 3.24. The van der Waals surface area contributed by atoms with Crippen LogP contribution in [0.1, 0.15) is 11.9 Å². The Morgan fingerprint density at radius 2 is 2.30 bits per heavy atom. The van der Waals surface area contributed by atoms with Gasteiger partial charge in [0.15, 0.2) is 18.2 Å².